The van der Waals surface area contributed by atoms with Gasteiger partial charge in [0.25, 0.3) is 0 Å². The number of H-pyrrole nitrogens is 2. The van der Waals surface area contributed by atoms with Crippen molar-refractivity contribution in [1.29, 1.82) is 0 Å². The van der Waals surface area contributed by atoms with Crippen LogP contribution in [0, 0.1) is 18.6 Å². The highest BCUT2D eigenvalue weighted by Crippen LogP contribution is 2.34. The molecule has 6 aromatic rings. The Bertz CT molecular complexity index is 1670. The van der Waals surface area contributed by atoms with E-state index in [9.17, 15) is 4.39 Å². The number of aryl methyl sites for hydroxylation is 1. The van der Waals surface area contributed by atoms with Gasteiger partial charge in [-0.15, -0.1) is 0 Å². The highest BCUT2D eigenvalue weighted by Gasteiger charge is 2.22. The first-order valence-electron chi connectivity index (χ1n) is 10.2. The Labute approximate surface area is 185 Å². The van der Waals surface area contributed by atoms with Crippen molar-refractivity contribution in [2.75, 3.05) is 0 Å². The van der Waals surface area contributed by atoms with Gasteiger partial charge >= 0.3 is 0 Å². The molecular weight excluding hydrogens is 424 g/mol. The van der Waals surface area contributed by atoms with E-state index in [1.807, 2.05) is 13.0 Å². The maximum absolute atomic E-state index is 15.7. The smallest absolute Gasteiger partial charge is 0.159 e. The quantitative estimate of drug-likeness (QED) is 0.395. The standard InChI is InChI=1S/C24H15F2N7/c1-12-6-8-27-10-14(12)15-11-29-23-18(19(15)26)22(32-33-23)24-30-17-7-9-28-20(21(17)31-24)13-4-2-3-5-16(13)25/h2-11H,1H3,(H,30,31)(H,29,32,33). The average molecular weight is 439 g/mol. The molecule has 0 amide bonds. The number of imidazole rings is 1. The van der Waals surface area contributed by atoms with Gasteiger partial charge in [-0.3, -0.25) is 15.1 Å². The fraction of sp³-hybridized carbons (Fsp3) is 0.0417. The molecule has 0 aliphatic carbocycles. The Morgan fingerprint density at radius 1 is 0.848 bits per heavy atom. The van der Waals surface area contributed by atoms with Crippen LogP contribution in [-0.2, 0) is 0 Å². The van der Waals surface area contributed by atoms with Crippen LogP contribution in [0.15, 0.2) is 61.2 Å². The molecule has 33 heavy (non-hydrogen) atoms. The zero-order chi connectivity index (χ0) is 22.5. The molecule has 0 aliphatic heterocycles. The van der Waals surface area contributed by atoms with Crippen LogP contribution in [0.25, 0.3) is 56.0 Å². The summed E-state index contributed by atoms with van der Waals surface area (Å²) in [5.41, 5.74) is 4.21. The third kappa shape index (κ3) is 2.97. The summed E-state index contributed by atoms with van der Waals surface area (Å²) in [7, 11) is 0. The van der Waals surface area contributed by atoms with Crippen molar-refractivity contribution >= 4 is 22.1 Å². The Morgan fingerprint density at radius 3 is 2.58 bits per heavy atom. The van der Waals surface area contributed by atoms with Crippen molar-refractivity contribution < 1.29 is 8.78 Å². The zero-order valence-electron chi connectivity index (χ0n) is 17.3. The molecule has 2 N–H and O–H groups in total. The van der Waals surface area contributed by atoms with Gasteiger partial charge in [-0.2, -0.15) is 5.10 Å². The number of pyridine rings is 3. The minimum Gasteiger partial charge on any atom is -0.336 e. The number of hydrogen-bond acceptors (Lipinski definition) is 5. The highest BCUT2D eigenvalue weighted by molar-refractivity contribution is 5.96. The van der Waals surface area contributed by atoms with Gasteiger partial charge in [0.2, 0.25) is 0 Å². The summed E-state index contributed by atoms with van der Waals surface area (Å²) in [4.78, 5) is 20.6. The van der Waals surface area contributed by atoms with Crippen molar-refractivity contribution in [3.63, 3.8) is 0 Å². The van der Waals surface area contributed by atoms with Gasteiger partial charge in [0.1, 0.15) is 28.5 Å². The highest BCUT2D eigenvalue weighted by atomic mass is 19.1. The number of fused-ring (bicyclic) bond motifs is 2. The lowest BCUT2D eigenvalue weighted by atomic mass is 10.0. The number of benzene rings is 1. The van der Waals surface area contributed by atoms with Crippen molar-refractivity contribution in [3.05, 3.63) is 78.4 Å². The summed E-state index contributed by atoms with van der Waals surface area (Å²) in [5, 5.41) is 7.24. The molecule has 160 valence electrons. The van der Waals surface area contributed by atoms with Gasteiger partial charge in [-0.1, -0.05) is 12.1 Å². The first-order chi connectivity index (χ1) is 16.1. The lowest BCUT2D eigenvalue weighted by Gasteiger charge is -2.06. The molecule has 9 heteroatoms. The van der Waals surface area contributed by atoms with Crippen LogP contribution in [0.3, 0.4) is 0 Å². The number of rotatable bonds is 3. The van der Waals surface area contributed by atoms with Crippen LogP contribution in [0.1, 0.15) is 5.56 Å². The molecule has 6 rings (SSSR count). The number of aromatic nitrogens is 7. The maximum Gasteiger partial charge on any atom is 0.159 e. The molecular formula is C24H15F2N7. The minimum absolute atomic E-state index is 0.204. The van der Waals surface area contributed by atoms with E-state index in [4.69, 9.17) is 0 Å². The predicted molar refractivity (Wildman–Crippen MR) is 120 cm³/mol. The molecule has 0 spiro atoms. The SMILES string of the molecule is Cc1ccncc1-c1cnc2[nH]nc(-c3nc4c(-c5ccccc5F)nccc4[nH]3)c2c1F. The fourth-order valence-electron chi connectivity index (χ4n) is 3.96. The molecule has 5 heterocycles. The van der Waals surface area contributed by atoms with Gasteiger partial charge < -0.3 is 4.98 Å². The van der Waals surface area contributed by atoms with E-state index in [1.54, 1.807) is 42.9 Å². The van der Waals surface area contributed by atoms with Crippen molar-refractivity contribution in [2.24, 2.45) is 0 Å². The van der Waals surface area contributed by atoms with Crippen LogP contribution in [0.2, 0.25) is 0 Å². The fourth-order valence-corrected chi connectivity index (χ4v) is 3.96. The third-order valence-electron chi connectivity index (χ3n) is 5.61. The number of halogens is 2. The van der Waals surface area contributed by atoms with Gasteiger partial charge in [0.15, 0.2) is 11.5 Å². The van der Waals surface area contributed by atoms with Crippen molar-refractivity contribution in [1.82, 2.24) is 35.1 Å². The lowest BCUT2D eigenvalue weighted by molar-refractivity contribution is 0.631. The van der Waals surface area contributed by atoms with E-state index in [1.165, 1.54) is 12.3 Å². The number of nitrogens with one attached hydrogen (secondary N) is 2. The van der Waals surface area contributed by atoms with Crippen LogP contribution in [-0.4, -0.2) is 35.1 Å². The monoisotopic (exact) mass is 439 g/mol. The maximum atomic E-state index is 15.7. The normalized spacial score (nSPS) is 11.5. The molecule has 0 bridgehead atoms. The van der Waals surface area contributed by atoms with Crippen LogP contribution >= 0.6 is 0 Å². The third-order valence-corrected chi connectivity index (χ3v) is 5.61. The molecule has 0 fully saturated rings. The summed E-state index contributed by atoms with van der Waals surface area (Å²) in [6.07, 6.45) is 6.29. The average Bonchev–Trinajstić information content (AvgIpc) is 3.45. The molecule has 0 atom stereocenters. The largest absolute Gasteiger partial charge is 0.336 e. The van der Waals surface area contributed by atoms with Crippen LogP contribution < -0.4 is 0 Å². The lowest BCUT2D eigenvalue weighted by Crippen LogP contribution is -1.93. The minimum atomic E-state index is -0.479. The Morgan fingerprint density at radius 2 is 1.73 bits per heavy atom. The van der Waals surface area contributed by atoms with E-state index in [-0.39, 0.29) is 11.1 Å². The van der Waals surface area contributed by atoms with Gasteiger partial charge in [-0.05, 0) is 36.8 Å². The van der Waals surface area contributed by atoms with Gasteiger partial charge in [0.05, 0.1) is 10.9 Å². The second-order valence-electron chi connectivity index (χ2n) is 7.59. The number of nitrogens with zero attached hydrogens (tertiary/aromatic N) is 5. The zero-order valence-corrected chi connectivity index (χ0v) is 17.3. The summed E-state index contributed by atoms with van der Waals surface area (Å²) < 4.78 is 30.2. The first-order valence-corrected chi connectivity index (χ1v) is 10.2. The first kappa shape index (κ1) is 19.2. The van der Waals surface area contributed by atoms with Crippen molar-refractivity contribution in [3.8, 4) is 33.9 Å². The van der Waals surface area contributed by atoms with Crippen molar-refractivity contribution in [2.45, 2.75) is 6.92 Å². The molecule has 1 aromatic carbocycles. The Balaban J connectivity index is 1.57. The molecule has 7 nitrogen and oxygen atoms in total. The van der Waals surface area contributed by atoms with E-state index >= 15 is 4.39 Å². The second-order valence-corrected chi connectivity index (χ2v) is 7.59. The Kier molecular flexibility index (Phi) is 4.22. The number of hydrogen-bond donors (Lipinski definition) is 2. The molecule has 5 aromatic heterocycles. The molecule has 0 aliphatic rings. The molecule has 0 radical (unpaired) electrons. The second kappa shape index (κ2) is 7.27. The summed E-state index contributed by atoms with van der Waals surface area (Å²) >= 11 is 0. The van der Waals surface area contributed by atoms with E-state index < -0.39 is 11.6 Å². The van der Waals surface area contributed by atoms with Gasteiger partial charge in [0, 0.05) is 41.5 Å². The predicted octanol–water partition coefficient (Wildman–Crippen LogP) is 5.21. The molecule has 0 saturated heterocycles. The molecule has 0 unspecified atom stereocenters. The van der Waals surface area contributed by atoms with Gasteiger partial charge in [-0.25, -0.2) is 18.7 Å². The summed E-state index contributed by atoms with van der Waals surface area (Å²) in [6, 6.07) is 9.89. The van der Waals surface area contributed by atoms with Crippen LogP contribution in [0.5, 0.6) is 0 Å². The summed E-state index contributed by atoms with van der Waals surface area (Å²) in [6.45, 7) is 1.88. The van der Waals surface area contributed by atoms with Crippen LogP contribution in [0.4, 0.5) is 8.78 Å². The topological polar surface area (TPSA) is 96.0 Å². The van der Waals surface area contributed by atoms with E-state index in [0.29, 0.717) is 44.9 Å². The number of aromatic amines is 2. The van der Waals surface area contributed by atoms with E-state index in [0.717, 1.165) is 5.56 Å². The Hall–Kier alpha value is -4.53. The van der Waals surface area contributed by atoms with E-state index in [2.05, 4.69) is 35.1 Å². The molecule has 0 saturated carbocycles. The summed E-state index contributed by atoms with van der Waals surface area (Å²) in [5.74, 6) is -0.561.